The molecular weight excluding hydrogens is 388 g/mol. The second-order valence-corrected chi connectivity index (χ2v) is 7.89. The average molecular weight is 408 g/mol. The van der Waals surface area contributed by atoms with E-state index in [4.69, 9.17) is 4.42 Å². The Labute approximate surface area is 172 Å². The molecule has 0 aromatic carbocycles. The Bertz CT molecular complexity index is 1000. The molecule has 1 fully saturated rings. The van der Waals surface area contributed by atoms with E-state index in [1.54, 1.807) is 18.7 Å². The number of nitrogens with one attached hydrogen (secondary N) is 1. The maximum absolute atomic E-state index is 12.5. The van der Waals surface area contributed by atoms with Crippen LogP contribution in [0.2, 0.25) is 0 Å². The lowest BCUT2D eigenvalue weighted by Gasteiger charge is -2.21. The summed E-state index contributed by atoms with van der Waals surface area (Å²) in [4.78, 5) is 16.6. The molecule has 1 N–H and O–H groups in total. The summed E-state index contributed by atoms with van der Waals surface area (Å²) in [5.74, 6) is 1.40. The van der Waals surface area contributed by atoms with Crippen LogP contribution >= 0.6 is 11.8 Å². The van der Waals surface area contributed by atoms with Crippen LogP contribution in [0.4, 0.5) is 0 Å². The Morgan fingerprint density at radius 1 is 1.31 bits per heavy atom. The minimum atomic E-state index is -0.722. The van der Waals surface area contributed by atoms with E-state index in [1.165, 1.54) is 11.8 Å². The number of carbonyl (C=O) groups is 1. The van der Waals surface area contributed by atoms with Gasteiger partial charge in [0.15, 0.2) is 11.0 Å². The Kier molecular flexibility index (Phi) is 5.62. The molecule has 4 rings (SSSR count). The Morgan fingerprint density at radius 3 is 2.86 bits per heavy atom. The monoisotopic (exact) mass is 408 g/mol. The third kappa shape index (κ3) is 4.32. The largest absolute Gasteiger partial charge is 0.467 e. The first-order chi connectivity index (χ1) is 14.2. The molecule has 3 aromatic rings. The molecule has 1 saturated carbocycles. The number of hydrogen-bond acceptors (Lipinski definition) is 7. The maximum atomic E-state index is 12.5. The maximum Gasteiger partial charge on any atom is 0.231 e. The Hall–Kier alpha value is -3.12. The van der Waals surface area contributed by atoms with Crippen molar-refractivity contribution in [2.75, 3.05) is 5.75 Å². The van der Waals surface area contributed by atoms with Gasteiger partial charge in [0.1, 0.15) is 11.3 Å². The second-order valence-electron chi connectivity index (χ2n) is 6.95. The fourth-order valence-electron chi connectivity index (χ4n) is 3.48. The summed E-state index contributed by atoms with van der Waals surface area (Å²) < 4.78 is 7.38. The number of carbonyl (C=O) groups excluding carboxylic acids is 1. The van der Waals surface area contributed by atoms with Crippen LogP contribution in [-0.4, -0.2) is 36.9 Å². The van der Waals surface area contributed by atoms with Crippen LogP contribution in [0.15, 0.2) is 52.5 Å². The van der Waals surface area contributed by atoms with Gasteiger partial charge in [-0.15, -0.1) is 10.2 Å². The van der Waals surface area contributed by atoms with Crippen LogP contribution in [0, 0.1) is 11.3 Å². The highest BCUT2D eigenvalue weighted by Gasteiger charge is 2.35. The van der Waals surface area contributed by atoms with E-state index in [9.17, 15) is 10.1 Å². The van der Waals surface area contributed by atoms with E-state index < -0.39 is 5.54 Å². The fraction of sp³-hybridized carbons (Fsp3) is 0.350. The number of rotatable bonds is 7. The van der Waals surface area contributed by atoms with Gasteiger partial charge in [-0.05, 0) is 49.9 Å². The minimum absolute atomic E-state index is 0.159. The van der Waals surface area contributed by atoms with Crippen LogP contribution in [0.25, 0.3) is 11.4 Å². The zero-order chi connectivity index (χ0) is 20.1. The summed E-state index contributed by atoms with van der Waals surface area (Å²) >= 11 is 1.29. The number of furan rings is 1. The van der Waals surface area contributed by atoms with Crippen molar-refractivity contribution in [3.63, 3.8) is 0 Å². The SMILES string of the molecule is N#CC1(NC(=O)CSc2nnc(-c3cccnc3)n2Cc2ccco2)CCCC1. The smallest absolute Gasteiger partial charge is 0.231 e. The van der Waals surface area contributed by atoms with Gasteiger partial charge in [-0.2, -0.15) is 5.26 Å². The van der Waals surface area contributed by atoms with Crippen molar-refractivity contribution in [3.8, 4) is 17.5 Å². The van der Waals surface area contributed by atoms with Gasteiger partial charge in [0.2, 0.25) is 5.91 Å². The number of aromatic nitrogens is 4. The average Bonchev–Trinajstić information content (AvgIpc) is 3.50. The molecule has 0 bridgehead atoms. The molecule has 1 amide bonds. The second kappa shape index (κ2) is 8.49. The summed E-state index contributed by atoms with van der Waals surface area (Å²) in [5.41, 5.74) is 0.109. The number of thioether (sulfide) groups is 1. The third-order valence-corrected chi connectivity index (χ3v) is 5.88. The Balaban J connectivity index is 1.51. The number of nitriles is 1. The molecule has 9 heteroatoms. The van der Waals surface area contributed by atoms with E-state index in [0.29, 0.717) is 30.4 Å². The van der Waals surface area contributed by atoms with Crippen molar-refractivity contribution in [3.05, 3.63) is 48.7 Å². The van der Waals surface area contributed by atoms with E-state index in [1.807, 2.05) is 28.8 Å². The zero-order valence-corrected chi connectivity index (χ0v) is 16.6. The van der Waals surface area contributed by atoms with Gasteiger partial charge >= 0.3 is 0 Å². The van der Waals surface area contributed by atoms with Crippen LogP contribution in [0.1, 0.15) is 31.4 Å². The summed E-state index contributed by atoms with van der Waals surface area (Å²) in [5, 5.41) is 21.5. The first kappa shape index (κ1) is 19.2. The van der Waals surface area contributed by atoms with Crippen LogP contribution in [0.5, 0.6) is 0 Å². The molecule has 0 atom stereocenters. The standard InChI is InChI=1S/C20H20N6O2S/c21-14-20(7-1-2-8-20)23-17(27)13-29-19-25-24-18(15-5-3-9-22-11-15)26(19)12-16-6-4-10-28-16/h3-6,9-11H,1-2,7-8,12-13H2,(H,23,27). The van der Waals surface area contributed by atoms with Crippen LogP contribution < -0.4 is 5.32 Å². The fourth-order valence-corrected chi connectivity index (χ4v) is 4.22. The molecule has 29 heavy (non-hydrogen) atoms. The molecule has 1 aliphatic rings. The highest BCUT2D eigenvalue weighted by Crippen LogP contribution is 2.29. The van der Waals surface area contributed by atoms with Gasteiger partial charge in [0, 0.05) is 18.0 Å². The molecule has 0 saturated heterocycles. The van der Waals surface area contributed by atoms with Gasteiger partial charge in [0.25, 0.3) is 0 Å². The normalized spacial score (nSPS) is 15.1. The molecule has 0 spiro atoms. The summed E-state index contributed by atoms with van der Waals surface area (Å²) in [6.07, 6.45) is 8.39. The molecule has 1 aliphatic carbocycles. The zero-order valence-electron chi connectivity index (χ0n) is 15.7. The number of hydrogen-bond donors (Lipinski definition) is 1. The van der Waals surface area contributed by atoms with Crippen LogP contribution in [0.3, 0.4) is 0 Å². The van der Waals surface area contributed by atoms with E-state index in [0.717, 1.165) is 24.2 Å². The highest BCUT2D eigenvalue weighted by molar-refractivity contribution is 7.99. The van der Waals surface area contributed by atoms with E-state index in [-0.39, 0.29) is 11.7 Å². The van der Waals surface area contributed by atoms with Gasteiger partial charge in [0.05, 0.1) is 24.6 Å². The quantitative estimate of drug-likeness (QED) is 0.598. The number of amides is 1. The van der Waals surface area contributed by atoms with Crippen molar-refractivity contribution < 1.29 is 9.21 Å². The van der Waals surface area contributed by atoms with Gasteiger partial charge < -0.3 is 9.73 Å². The third-order valence-electron chi connectivity index (χ3n) is 4.91. The molecule has 8 nitrogen and oxygen atoms in total. The number of pyridine rings is 1. The first-order valence-electron chi connectivity index (χ1n) is 9.40. The summed E-state index contributed by atoms with van der Waals surface area (Å²) in [6, 6.07) is 9.73. The van der Waals surface area contributed by atoms with Gasteiger partial charge in [-0.1, -0.05) is 11.8 Å². The highest BCUT2D eigenvalue weighted by atomic mass is 32.2. The van der Waals surface area contributed by atoms with Crippen molar-refractivity contribution in [2.45, 2.75) is 42.9 Å². The van der Waals surface area contributed by atoms with E-state index >= 15 is 0 Å². The number of nitrogens with zero attached hydrogens (tertiary/aromatic N) is 5. The van der Waals surface area contributed by atoms with Crippen molar-refractivity contribution in [1.29, 1.82) is 5.26 Å². The summed E-state index contributed by atoms with van der Waals surface area (Å²) in [6.45, 7) is 0.441. The lowest BCUT2D eigenvalue weighted by Crippen LogP contribution is -2.45. The predicted molar refractivity (Wildman–Crippen MR) is 107 cm³/mol. The van der Waals surface area contributed by atoms with E-state index in [2.05, 4.69) is 26.6 Å². The van der Waals surface area contributed by atoms with Gasteiger partial charge in [-0.3, -0.25) is 14.3 Å². The van der Waals surface area contributed by atoms with Crippen molar-refractivity contribution >= 4 is 17.7 Å². The first-order valence-corrected chi connectivity index (χ1v) is 10.4. The van der Waals surface area contributed by atoms with Crippen molar-refractivity contribution in [2.24, 2.45) is 0 Å². The van der Waals surface area contributed by atoms with Crippen molar-refractivity contribution in [1.82, 2.24) is 25.1 Å². The lowest BCUT2D eigenvalue weighted by atomic mass is 10.0. The lowest BCUT2D eigenvalue weighted by molar-refractivity contribution is -0.119. The topological polar surface area (TPSA) is 110 Å². The molecule has 3 aromatic heterocycles. The molecule has 3 heterocycles. The molecule has 0 radical (unpaired) electrons. The molecule has 0 aliphatic heterocycles. The molecule has 0 unspecified atom stereocenters. The summed E-state index contributed by atoms with van der Waals surface area (Å²) in [7, 11) is 0. The Morgan fingerprint density at radius 2 is 2.17 bits per heavy atom. The molecule has 148 valence electrons. The van der Waals surface area contributed by atoms with Crippen LogP contribution in [-0.2, 0) is 11.3 Å². The molecular formula is C20H20N6O2S. The minimum Gasteiger partial charge on any atom is -0.467 e. The van der Waals surface area contributed by atoms with Gasteiger partial charge in [-0.25, -0.2) is 0 Å². The predicted octanol–water partition coefficient (Wildman–Crippen LogP) is 3.03.